The van der Waals surface area contributed by atoms with Crippen molar-refractivity contribution < 1.29 is 28.1 Å². The Balaban J connectivity index is 2.20. The van der Waals surface area contributed by atoms with E-state index in [9.17, 15) is 28.7 Å². The van der Waals surface area contributed by atoms with E-state index in [4.69, 9.17) is 4.55 Å². The number of benzene rings is 3. The molecule has 0 spiro atoms. The van der Waals surface area contributed by atoms with Gasteiger partial charge in [-0.2, -0.15) is 8.42 Å². The van der Waals surface area contributed by atoms with Crippen LogP contribution in [0.2, 0.25) is 0 Å². The number of rotatable bonds is 4. The Bertz CT molecular complexity index is 1210. The molecule has 3 aromatic carbocycles. The van der Waals surface area contributed by atoms with E-state index in [0.717, 1.165) is 11.5 Å². The van der Waals surface area contributed by atoms with Crippen molar-refractivity contribution in [1.29, 1.82) is 0 Å². The number of phenolic OH excluding ortho intramolecular Hbond substituents is 2. The molecular weight excluding hydrogens is 378 g/mol. The molecule has 0 bridgehead atoms. The average molecular weight is 389 g/mol. The highest BCUT2D eigenvalue weighted by molar-refractivity contribution is 7.85. The molecule has 0 aliphatic rings. The van der Waals surface area contributed by atoms with Crippen LogP contribution >= 0.6 is 0 Å². The Kier molecular flexibility index (Phi) is 4.47. The molecule has 0 amide bonds. The highest BCUT2D eigenvalue weighted by Gasteiger charge is 2.24. The molecule has 3 rings (SSSR count). The van der Waals surface area contributed by atoms with Gasteiger partial charge in [-0.25, -0.2) is 0 Å². The molecule has 0 fully saturated rings. The van der Waals surface area contributed by atoms with Gasteiger partial charge < -0.3 is 10.2 Å². The third kappa shape index (κ3) is 3.54. The maximum atomic E-state index is 11.3. The number of nitro groups is 1. The SMILES string of the molecule is O=[N+]([O-])c1cc(S(=O)(=O)O)cc(N=Nc2c(O)ccc3ccccc23)c1O. The van der Waals surface area contributed by atoms with Crippen molar-refractivity contribution in [3.63, 3.8) is 0 Å². The number of phenols is 2. The first-order chi connectivity index (χ1) is 12.7. The van der Waals surface area contributed by atoms with E-state index >= 15 is 0 Å². The minimum Gasteiger partial charge on any atom is -0.506 e. The van der Waals surface area contributed by atoms with Gasteiger partial charge in [0, 0.05) is 11.5 Å². The molecule has 0 heterocycles. The molecule has 0 unspecified atom stereocenters. The lowest BCUT2D eigenvalue weighted by atomic mass is 10.1. The molecule has 0 aliphatic heterocycles. The summed E-state index contributed by atoms with van der Waals surface area (Å²) in [4.78, 5) is 9.15. The van der Waals surface area contributed by atoms with Crippen LogP contribution in [-0.4, -0.2) is 28.1 Å². The first-order valence-corrected chi connectivity index (χ1v) is 8.74. The van der Waals surface area contributed by atoms with Crippen molar-refractivity contribution in [2.45, 2.75) is 4.90 Å². The van der Waals surface area contributed by atoms with Crippen LogP contribution in [-0.2, 0) is 10.1 Å². The Morgan fingerprint density at radius 1 is 1.00 bits per heavy atom. The van der Waals surface area contributed by atoms with Gasteiger partial charge in [-0.05, 0) is 17.5 Å². The summed E-state index contributed by atoms with van der Waals surface area (Å²) in [5.41, 5.74) is -1.52. The number of azo groups is 1. The molecule has 10 nitrogen and oxygen atoms in total. The van der Waals surface area contributed by atoms with E-state index in [1.54, 1.807) is 30.3 Å². The first-order valence-electron chi connectivity index (χ1n) is 7.30. The minimum atomic E-state index is -4.79. The Labute approximate surface area is 151 Å². The summed E-state index contributed by atoms with van der Waals surface area (Å²) >= 11 is 0. The van der Waals surface area contributed by atoms with E-state index in [0.29, 0.717) is 11.5 Å². The molecular formula is C16H11N3O7S. The Morgan fingerprint density at radius 3 is 2.37 bits per heavy atom. The largest absolute Gasteiger partial charge is 0.506 e. The van der Waals surface area contributed by atoms with Crippen LogP contribution in [0.3, 0.4) is 0 Å². The van der Waals surface area contributed by atoms with Gasteiger partial charge in [0.2, 0.25) is 5.75 Å². The van der Waals surface area contributed by atoms with Crippen LogP contribution in [0.4, 0.5) is 17.1 Å². The zero-order valence-electron chi connectivity index (χ0n) is 13.3. The molecule has 0 saturated heterocycles. The van der Waals surface area contributed by atoms with Gasteiger partial charge in [-0.1, -0.05) is 30.3 Å². The molecule has 27 heavy (non-hydrogen) atoms. The molecule has 0 radical (unpaired) electrons. The number of nitrogens with zero attached hydrogens (tertiary/aromatic N) is 3. The summed E-state index contributed by atoms with van der Waals surface area (Å²) < 4.78 is 31.8. The summed E-state index contributed by atoms with van der Waals surface area (Å²) in [5.74, 6) is -1.17. The standard InChI is InChI=1S/C16H11N3O7S/c20-14-6-5-9-3-1-2-4-11(9)15(14)18-17-12-7-10(27(24,25)26)8-13(16(12)21)19(22)23/h1-8,20-21H,(H,24,25,26). The van der Waals surface area contributed by atoms with Crippen molar-refractivity contribution in [3.8, 4) is 11.5 Å². The van der Waals surface area contributed by atoms with Gasteiger partial charge >= 0.3 is 5.69 Å². The third-order valence-corrected chi connectivity index (χ3v) is 4.51. The predicted octanol–water partition coefficient (Wildman–Crippen LogP) is 3.82. The van der Waals surface area contributed by atoms with Gasteiger partial charge in [0.25, 0.3) is 10.1 Å². The molecule has 138 valence electrons. The molecule has 0 aliphatic carbocycles. The highest BCUT2D eigenvalue weighted by atomic mass is 32.2. The monoisotopic (exact) mass is 389 g/mol. The smallest absolute Gasteiger partial charge is 0.314 e. The van der Waals surface area contributed by atoms with Crippen LogP contribution in [0.25, 0.3) is 10.8 Å². The second-order valence-corrected chi connectivity index (χ2v) is 6.82. The first kappa shape index (κ1) is 18.2. The fraction of sp³-hybridized carbons (Fsp3) is 0. The molecule has 11 heteroatoms. The molecule has 0 saturated carbocycles. The van der Waals surface area contributed by atoms with Crippen LogP contribution < -0.4 is 0 Å². The summed E-state index contributed by atoms with van der Waals surface area (Å²) in [6.45, 7) is 0. The number of fused-ring (bicyclic) bond motifs is 1. The lowest BCUT2D eigenvalue weighted by molar-refractivity contribution is -0.386. The summed E-state index contributed by atoms with van der Waals surface area (Å²) in [7, 11) is -4.79. The van der Waals surface area contributed by atoms with Gasteiger partial charge in [-0.3, -0.25) is 14.7 Å². The maximum Gasteiger partial charge on any atom is 0.314 e. The van der Waals surface area contributed by atoms with Crippen LogP contribution in [0, 0.1) is 10.1 Å². The maximum absolute atomic E-state index is 11.3. The summed E-state index contributed by atoms with van der Waals surface area (Å²) in [6, 6.07) is 11.1. The molecule has 0 atom stereocenters. The fourth-order valence-corrected chi connectivity index (χ4v) is 2.92. The van der Waals surface area contributed by atoms with Crippen molar-refractivity contribution in [1.82, 2.24) is 0 Å². The zero-order valence-corrected chi connectivity index (χ0v) is 14.2. The molecule has 3 N–H and O–H groups in total. The molecule has 3 aromatic rings. The van der Waals surface area contributed by atoms with E-state index < -0.39 is 37.1 Å². The van der Waals surface area contributed by atoms with Crippen LogP contribution in [0.5, 0.6) is 11.5 Å². The van der Waals surface area contributed by atoms with Gasteiger partial charge in [0.05, 0.1) is 4.92 Å². The van der Waals surface area contributed by atoms with Crippen molar-refractivity contribution >= 4 is 38.0 Å². The summed E-state index contributed by atoms with van der Waals surface area (Å²) in [6.07, 6.45) is 0. The lowest BCUT2D eigenvalue weighted by Gasteiger charge is -2.05. The van der Waals surface area contributed by atoms with Crippen molar-refractivity contribution in [2.75, 3.05) is 0 Å². The number of nitro benzene ring substituents is 1. The quantitative estimate of drug-likeness (QED) is 0.264. The van der Waals surface area contributed by atoms with E-state index in [1.807, 2.05) is 0 Å². The Morgan fingerprint density at radius 2 is 1.70 bits per heavy atom. The van der Waals surface area contributed by atoms with E-state index in [-0.39, 0.29) is 11.4 Å². The average Bonchev–Trinajstić information content (AvgIpc) is 2.60. The fourth-order valence-electron chi connectivity index (χ4n) is 2.40. The van der Waals surface area contributed by atoms with E-state index in [1.165, 1.54) is 6.07 Å². The van der Waals surface area contributed by atoms with Crippen LogP contribution in [0.15, 0.2) is 63.7 Å². The minimum absolute atomic E-state index is 0.0208. The van der Waals surface area contributed by atoms with Crippen molar-refractivity contribution in [3.05, 3.63) is 58.6 Å². The second-order valence-electron chi connectivity index (χ2n) is 5.40. The zero-order chi connectivity index (χ0) is 19.8. The van der Waals surface area contributed by atoms with Gasteiger partial charge in [0.1, 0.15) is 22.0 Å². The van der Waals surface area contributed by atoms with Crippen LogP contribution in [0.1, 0.15) is 0 Å². The number of aromatic hydroxyl groups is 2. The third-order valence-electron chi connectivity index (χ3n) is 3.67. The lowest BCUT2D eigenvalue weighted by Crippen LogP contribution is -1.99. The summed E-state index contributed by atoms with van der Waals surface area (Å²) in [5, 5.41) is 39.7. The van der Waals surface area contributed by atoms with E-state index in [2.05, 4.69) is 10.2 Å². The normalized spacial score (nSPS) is 11.9. The molecule has 0 aromatic heterocycles. The Hall–Kier alpha value is -3.57. The highest BCUT2D eigenvalue weighted by Crippen LogP contribution is 2.41. The topological polar surface area (TPSA) is 163 Å². The second kappa shape index (κ2) is 6.63. The number of hydrogen-bond acceptors (Lipinski definition) is 8. The van der Waals surface area contributed by atoms with Crippen molar-refractivity contribution in [2.24, 2.45) is 10.2 Å². The van der Waals surface area contributed by atoms with Gasteiger partial charge in [0.15, 0.2) is 0 Å². The predicted molar refractivity (Wildman–Crippen MR) is 94.4 cm³/mol. The number of hydrogen-bond donors (Lipinski definition) is 3. The van der Waals surface area contributed by atoms with Gasteiger partial charge in [-0.15, -0.1) is 10.2 Å².